The van der Waals surface area contributed by atoms with E-state index in [2.05, 4.69) is 34.9 Å². The van der Waals surface area contributed by atoms with Crippen LogP contribution in [0.4, 0.5) is 4.79 Å². The minimum absolute atomic E-state index is 0.196. The number of benzene rings is 3. The maximum atomic E-state index is 12.8. The summed E-state index contributed by atoms with van der Waals surface area (Å²) < 4.78 is 7.03. The van der Waals surface area contributed by atoms with Gasteiger partial charge in [0.25, 0.3) is 11.1 Å². The molecule has 0 unspecified atom stereocenters. The Labute approximate surface area is 200 Å². The molecule has 0 aliphatic carbocycles. The number of esters is 1. The van der Waals surface area contributed by atoms with Gasteiger partial charge in [-0.15, -0.1) is 0 Å². The number of ether oxygens (including phenoxy) is 1. The monoisotopic (exact) mass is 470 g/mol. The molecule has 0 bridgehead atoms. The van der Waals surface area contributed by atoms with E-state index in [0.717, 1.165) is 33.1 Å². The standard InChI is InChI=1S/C27H22N2O4S/c1-2-33-25(30)17-29-26(31)24(34-27(29)32)14-21-16-28(23-10-6-5-9-22(21)23)15-18-11-12-19-7-3-4-8-20(19)13-18/h3-14,16H,2,15,17H2,1H3/b24-14+. The van der Waals surface area contributed by atoms with E-state index in [1.807, 2.05) is 42.6 Å². The third-order valence-corrected chi connectivity index (χ3v) is 6.65. The molecule has 0 saturated carbocycles. The Hall–Kier alpha value is -3.84. The smallest absolute Gasteiger partial charge is 0.326 e. The largest absolute Gasteiger partial charge is 0.465 e. The second kappa shape index (κ2) is 9.19. The quantitative estimate of drug-likeness (QED) is 0.277. The van der Waals surface area contributed by atoms with Gasteiger partial charge in [-0.1, -0.05) is 54.6 Å². The van der Waals surface area contributed by atoms with Crippen molar-refractivity contribution < 1.29 is 19.1 Å². The Balaban J connectivity index is 1.46. The minimum atomic E-state index is -0.599. The predicted molar refractivity (Wildman–Crippen MR) is 134 cm³/mol. The van der Waals surface area contributed by atoms with E-state index >= 15 is 0 Å². The summed E-state index contributed by atoms with van der Waals surface area (Å²) >= 11 is 0.841. The van der Waals surface area contributed by atoms with Gasteiger partial charge in [-0.2, -0.15) is 0 Å². The summed E-state index contributed by atoms with van der Waals surface area (Å²) in [5.41, 5.74) is 3.05. The average Bonchev–Trinajstić information content (AvgIpc) is 3.31. The van der Waals surface area contributed by atoms with Gasteiger partial charge >= 0.3 is 5.97 Å². The highest BCUT2D eigenvalue weighted by atomic mass is 32.2. The van der Waals surface area contributed by atoms with Crippen molar-refractivity contribution in [2.75, 3.05) is 13.2 Å². The van der Waals surface area contributed by atoms with Crippen LogP contribution in [0.5, 0.6) is 0 Å². The summed E-state index contributed by atoms with van der Waals surface area (Å²) in [4.78, 5) is 38.2. The molecule has 0 spiro atoms. The van der Waals surface area contributed by atoms with E-state index in [1.54, 1.807) is 13.0 Å². The first-order valence-electron chi connectivity index (χ1n) is 11.0. The number of carbonyl (C=O) groups excluding carboxylic acids is 3. The number of nitrogens with zero attached hydrogens (tertiary/aromatic N) is 2. The molecular formula is C27H22N2O4S. The maximum Gasteiger partial charge on any atom is 0.326 e. The van der Waals surface area contributed by atoms with Crippen LogP contribution in [0.25, 0.3) is 27.8 Å². The van der Waals surface area contributed by atoms with Crippen molar-refractivity contribution in [1.29, 1.82) is 0 Å². The molecule has 4 aromatic rings. The second-order valence-electron chi connectivity index (χ2n) is 7.98. The molecule has 1 fully saturated rings. The number of para-hydroxylation sites is 1. The first kappa shape index (κ1) is 22.0. The number of fused-ring (bicyclic) bond motifs is 2. The van der Waals surface area contributed by atoms with Crippen molar-refractivity contribution in [2.24, 2.45) is 0 Å². The number of rotatable bonds is 6. The number of hydrogen-bond acceptors (Lipinski definition) is 5. The summed E-state index contributed by atoms with van der Waals surface area (Å²) in [5.74, 6) is -1.08. The lowest BCUT2D eigenvalue weighted by Gasteiger charge is -2.10. The topological polar surface area (TPSA) is 68.6 Å². The molecule has 34 heavy (non-hydrogen) atoms. The molecule has 5 rings (SSSR count). The first-order valence-corrected chi connectivity index (χ1v) is 11.8. The van der Waals surface area contributed by atoms with Gasteiger partial charge in [0.1, 0.15) is 6.54 Å². The highest BCUT2D eigenvalue weighted by Crippen LogP contribution is 2.34. The van der Waals surface area contributed by atoms with Crippen LogP contribution < -0.4 is 0 Å². The lowest BCUT2D eigenvalue weighted by molar-refractivity contribution is -0.145. The Morgan fingerprint density at radius 1 is 1.00 bits per heavy atom. The van der Waals surface area contributed by atoms with E-state index in [4.69, 9.17) is 4.74 Å². The SMILES string of the molecule is CCOC(=O)CN1C(=O)S/C(=C/c2cn(Cc3ccc4ccccc4c3)c3ccccc23)C1=O. The van der Waals surface area contributed by atoms with Gasteiger partial charge < -0.3 is 9.30 Å². The molecule has 1 aromatic heterocycles. The van der Waals surface area contributed by atoms with Crippen LogP contribution in [0.1, 0.15) is 18.1 Å². The Bertz CT molecular complexity index is 1470. The number of amides is 2. The third-order valence-electron chi connectivity index (χ3n) is 5.74. The van der Waals surface area contributed by atoms with E-state index in [0.29, 0.717) is 11.4 Å². The molecule has 6 nitrogen and oxygen atoms in total. The third kappa shape index (κ3) is 4.22. The van der Waals surface area contributed by atoms with Crippen molar-refractivity contribution in [3.8, 4) is 0 Å². The molecule has 1 aliphatic rings. The van der Waals surface area contributed by atoms with Gasteiger partial charge in [-0.05, 0) is 53.2 Å². The average molecular weight is 471 g/mol. The lowest BCUT2D eigenvalue weighted by atomic mass is 10.1. The van der Waals surface area contributed by atoms with Crippen LogP contribution >= 0.6 is 11.8 Å². The van der Waals surface area contributed by atoms with Gasteiger partial charge in [-0.3, -0.25) is 19.3 Å². The predicted octanol–water partition coefficient (Wildman–Crippen LogP) is 5.44. The first-order chi connectivity index (χ1) is 16.5. The number of aromatic nitrogens is 1. The van der Waals surface area contributed by atoms with E-state index in [9.17, 15) is 14.4 Å². The zero-order valence-electron chi connectivity index (χ0n) is 18.6. The summed E-state index contributed by atoms with van der Waals surface area (Å²) in [6.45, 7) is 2.17. The number of thioether (sulfide) groups is 1. The molecular weight excluding hydrogens is 448 g/mol. The Morgan fingerprint density at radius 2 is 1.76 bits per heavy atom. The van der Waals surface area contributed by atoms with Crippen molar-refractivity contribution >= 4 is 56.6 Å². The highest BCUT2D eigenvalue weighted by Gasteiger charge is 2.36. The van der Waals surface area contributed by atoms with E-state index in [-0.39, 0.29) is 13.2 Å². The van der Waals surface area contributed by atoms with Gasteiger partial charge in [0, 0.05) is 29.2 Å². The van der Waals surface area contributed by atoms with Gasteiger partial charge in [0.15, 0.2) is 0 Å². The van der Waals surface area contributed by atoms with E-state index in [1.165, 1.54) is 16.3 Å². The molecule has 170 valence electrons. The van der Waals surface area contributed by atoms with Gasteiger partial charge in [0.2, 0.25) is 0 Å². The summed E-state index contributed by atoms with van der Waals surface area (Å²) in [5, 5.41) is 2.90. The molecule has 1 aliphatic heterocycles. The fourth-order valence-electron chi connectivity index (χ4n) is 4.17. The molecule has 7 heteroatoms. The summed E-state index contributed by atoms with van der Waals surface area (Å²) in [6.07, 6.45) is 3.73. The zero-order valence-corrected chi connectivity index (χ0v) is 19.4. The number of carbonyl (C=O) groups is 3. The van der Waals surface area contributed by atoms with Crippen molar-refractivity contribution in [2.45, 2.75) is 13.5 Å². The Morgan fingerprint density at radius 3 is 2.59 bits per heavy atom. The van der Waals surface area contributed by atoms with Crippen molar-refractivity contribution in [3.05, 3.63) is 89.0 Å². The van der Waals surface area contributed by atoms with Crippen molar-refractivity contribution in [3.63, 3.8) is 0 Å². The fraction of sp³-hybridized carbons (Fsp3) is 0.148. The zero-order chi connectivity index (χ0) is 23.7. The van der Waals surface area contributed by atoms with E-state index < -0.39 is 17.1 Å². The molecule has 0 atom stereocenters. The van der Waals surface area contributed by atoms with Crippen molar-refractivity contribution in [1.82, 2.24) is 9.47 Å². The molecule has 1 saturated heterocycles. The highest BCUT2D eigenvalue weighted by molar-refractivity contribution is 8.18. The molecule has 0 N–H and O–H groups in total. The second-order valence-corrected chi connectivity index (χ2v) is 8.98. The van der Waals surface area contributed by atoms with Crippen LogP contribution in [0, 0.1) is 0 Å². The molecule has 0 radical (unpaired) electrons. The normalized spacial score (nSPS) is 15.1. The lowest BCUT2D eigenvalue weighted by Crippen LogP contribution is -2.34. The fourth-order valence-corrected chi connectivity index (χ4v) is 5.00. The summed E-state index contributed by atoms with van der Waals surface area (Å²) in [6, 6.07) is 22.7. The van der Waals surface area contributed by atoms with Crippen LogP contribution in [0.3, 0.4) is 0 Å². The molecule has 3 aromatic carbocycles. The van der Waals surface area contributed by atoms with Crippen LogP contribution in [0.15, 0.2) is 77.8 Å². The summed E-state index contributed by atoms with van der Waals surface area (Å²) in [7, 11) is 0. The number of imide groups is 1. The van der Waals surface area contributed by atoms with Crippen LogP contribution in [-0.4, -0.2) is 39.7 Å². The minimum Gasteiger partial charge on any atom is -0.465 e. The van der Waals surface area contributed by atoms with Crippen LogP contribution in [0.2, 0.25) is 0 Å². The van der Waals surface area contributed by atoms with Gasteiger partial charge in [0.05, 0.1) is 11.5 Å². The van der Waals surface area contributed by atoms with Crippen LogP contribution in [-0.2, 0) is 20.9 Å². The van der Waals surface area contributed by atoms with Gasteiger partial charge in [-0.25, -0.2) is 0 Å². The molecule has 2 amide bonds. The number of hydrogen-bond donors (Lipinski definition) is 0. The Kier molecular flexibility index (Phi) is 5.94. The molecule has 2 heterocycles. The maximum absolute atomic E-state index is 12.8.